The number of hydrogen-bond donors (Lipinski definition) is 0. The van der Waals surface area contributed by atoms with E-state index in [9.17, 15) is 21.6 Å². The van der Waals surface area contributed by atoms with Crippen LogP contribution in [0.15, 0.2) is 49.5 Å². The summed E-state index contributed by atoms with van der Waals surface area (Å²) in [5, 5.41) is 0. The third kappa shape index (κ3) is 3.74. The van der Waals surface area contributed by atoms with Crippen LogP contribution in [0.5, 0.6) is 0 Å². The highest BCUT2D eigenvalue weighted by molar-refractivity contribution is 7.97. The first-order valence-corrected chi connectivity index (χ1v) is 15.5. The number of rotatable bonds is 3. The summed E-state index contributed by atoms with van der Waals surface area (Å²) in [7, 11) is -7.65. The largest absolute Gasteiger partial charge is 0.288 e. The summed E-state index contributed by atoms with van der Waals surface area (Å²) in [6, 6.07) is 0. The summed E-state index contributed by atoms with van der Waals surface area (Å²) in [5.41, 5.74) is 9.20. The molecule has 38 heavy (non-hydrogen) atoms. The van der Waals surface area contributed by atoms with Gasteiger partial charge in [-0.2, -0.15) is 0 Å². The molecule has 5 nitrogen and oxygen atoms in total. The van der Waals surface area contributed by atoms with Crippen LogP contribution < -0.4 is 0 Å². The predicted molar refractivity (Wildman–Crippen MR) is 153 cm³/mol. The van der Waals surface area contributed by atoms with Gasteiger partial charge in [-0.05, 0) is 131 Å². The van der Waals surface area contributed by atoms with E-state index in [0.717, 1.165) is 38.9 Å². The molecule has 0 fully saturated rings. The second-order valence-corrected chi connectivity index (χ2v) is 14.2. The van der Waals surface area contributed by atoms with Gasteiger partial charge >= 0.3 is 0 Å². The van der Waals surface area contributed by atoms with Crippen molar-refractivity contribution in [1.29, 1.82) is 0 Å². The summed E-state index contributed by atoms with van der Waals surface area (Å²) in [6.07, 6.45) is 6.10. The zero-order valence-corrected chi connectivity index (χ0v) is 25.3. The molecule has 2 aromatic rings. The second kappa shape index (κ2) is 9.02. The van der Waals surface area contributed by atoms with Crippen molar-refractivity contribution < 1.29 is 21.6 Å². The third-order valence-electron chi connectivity index (χ3n) is 8.57. The van der Waals surface area contributed by atoms with Crippen molar-refractivity contribution in [2.75, 3.05) is 0 Å². The van der Waals surface area contributed by atoms with Crippen LogP contribution in [0.1, 0.15) is 74.3 Å². The highest BCUT2D eigenvalue weighted by Gasteiger charge is 2.42. The van der Waals surface area contributed by atoms with Crippen LogP contribution in [0.25, 0.3) is 5.57 Å². The van der Waals surface area contributed by atoms with E-state index in [-0.39, 0.29) is 20.3 Å². The molecule has 0 spiro atoms. The van der Waals surface area contributed by atoms with Crippen LogP contribution >= 0.6 is 0 Å². The van der Waals surface area contributed by atoms with Gasteiger partial charge in [-0.3, -0.25) is 4.79 Å². The monoisotopic (exact) mass is 550 g/mol. The average molecular weight is 551 g/mol. The van der Waals surface area contributed by atoms with Crippen molar-refractivity contribution in [2.24, 2.45) is 0 Å². The van der Waals surface area contributed by atoms with Gasteiger partial charge in [0, 0.05) is 11.1 Å². The zero-order valence-electron chi connectivity index (χ0n) is 23.7. The Kier molecular flexibility index (Phi) is 6.65. The number of allylic oxidation sites excluding steroid dienone is 7. The van der Waals surface area contributed by atoms with Gasteiger partial charge < -0.3 is 0 Å². The molecule has 0 amide bonds. The van der Waals surface area contributed by atoms with Gasteiger partial charge in [0.05, 0.1) is 14.7 Å². The molecule has 0 unspecified atom stereocenters. The Bertz CT molecular complexity index is 1830. The molecular formula is C31H34O5S2. The maximum Gasteiger partial charge on any atom is 0.211 e. The first-order chi connectivity index (χ1) is 17.5. The Morgan fingerprint density at radius 3 is 1.58 bits per heavy atom. The van der Waals surface area contributed by atoms with Crippen molar-refractivity contribution in [3.8, 4) is 0 Å². The van der Waals surface area contributed by atoms with Gasteiger partial charge in [0.25, 0.3) is 0 Å². The van der Waals surface area contributed by atoms with E-state index in [2.05, 4.69) is 0 Å². The van der Waals surface area contributed by atoms with E-state index < -0.39 is 25.5 Å². The van der Waals surface area contributed by atoms with Crippen molar-refractivity contribution in [3.63, 3.8) is 0 Å². The lowest BCUT2D eigenvalue weighted by Gasteiger charge is -2.15. The molecular weight excluding hydrogens is 516 g/mol. The van der Waals surface area contributed by atoms with Gasteiger partial charge in [-0.25, -0.2) is 16.8 Å². The smallest absolute Gasteiger partial charge is 0.211 e. The lowest BCUT2D eigenvalue weighted by atomic mass is 9.91. The molecule has 2 aliphatic heterocycles. The van der Waals surface area contributed by atoms with Crippen LogP contribution in [0, 0.1) is 55.4 Å². The normalized spacial score (nSPS) is 19.2. The topological polar surface area (TPSA) is 85.3 Å². The summed E-state index contributed by atoms with van der Waals surface area (Å²) in [4.78, 5) is 13.7. The number of ketones is 1. The number of hydrogen-bond acceptors (Lipinski definition) is 5. The van der Waals surface area contributed by atoms with Crippen molar-refractivity contribution in [1.82, 2.24) is 0 Å². The van der Waals surface area contributed by atoms with Crippen molar-refractivity contribution in [3.05, 3.63) is 95.3 Å². The minimum absolute atomic E-state index is 0.0999. The molecule has 0 aromatic heterocycles. The van der Waals surface area contributed by atoms with Gasteiger partial charge in [-0.15, -0.1) is 0 Å². The number of carbonyl (C=O) groups excluding carboxylic acids is 1. The molecule has 7 heteroatoms. The van der Waals surface area contributed by atoms with E-state index in [1.54, 1.807) is 39.0 Å². The molecule has 0 saturated heterocycles. The first kappa shape index (κ1) is 28.0. The molecule has 0 N–H and O–H groups in total. The fourth-order valence-electron chi connectivity index (χ4n) is 5.59. The van der Waals surface area contributed by atoms with E-state index in [0.29, 0.717) is 27.2 Å². The quantitative estimate of drug-likeness (QED) is 0.312. The van der Waals surface area contributed by atoms with E-state index in [1.807, 2.05) is 48.5 Å². The third-order valence-corrected chi connectivity index (χ3v) is 12.6. The maximum atomic E-state index is 13.5. The molecule has 0 atom stereocenters. The van der Waals surface area contributed by atoms with Crippen molar-refractivity contribution in [2.45, 2.75) is 79.0 Å². The van der Waals surface area contributed by atoms with Gasteiger partial charge in [-0.1, -0.05) is 17.7 Å². The summed E-state index contributed by atoms with van der Waals surface area (Å²) in [6.45, 7) is 18.6. The standard InChI is InChI=1S/C31H34O5S2/c1-15(11-13-25-24(10)27-20(6)16(2)18(4)22(8)30(27)37(25,33)34)12-14-26-29(32)28-21(7)17(3)19(5)23(9)31(28)38(26,35)36/h11-14H,1-10H3/b13-11+,15-12+,26-14-. The maximum absolute atomic E-state index is 13.5. The highest BCUT2D eigenvalue weighted by atomic mass is 32.2. The summed E-state index contributed by atoms with van der Waals surface area (Å²) < 4.78 is 53.8. The van der Waals surface area contributed by atoms with Crippen molar-refractivity contribution >= 4 is 31.0 Å². The number of carbonyl (C=O) groups is 1. The van der Waals surface area contributed by atoms with Crippen LogP contribution in [0.3, 0.4) is 0 Å². The number of sulfone groups is 2. The fraction of sp³-hybridized carbons (Fsp3) is 0.323. The van der Waals surface area contributed by atoms with Crippen LogP contribution in [0.2, 0.25) is 0 Å². The summed E-state index contributed by atoms with van der Waals surface area (Å²) in [5.74, 6) is -0.499. The summed E-state index contributed by atoms with van der Waals surface area (Å²) >= 11 is 0. The highest BCUT2D eigenvalue weighted by Crippen LogP contribution is 2.45. The van der Waals surface area contributed by atoms with E-state index in [4.69, 9.17) is 0 Å². The SMILES string of the molecule is CC1=C(/C=C/C(C)=C/C=C2/C(=O)c3c(C)c(C)c(C)c(C)c3S2(=O)=O)S(=O)(=O)c2c(C)c(C)c(C)c(C)c21. The molecule has 0 radical (unpaired) electrons. The molecule has 4 rings (SSSR count). The Hall–Kier alpha value is -3.03. The fourth-order valence-corrected chi connectivity index (χ4v) is 9.58. The lowest BCUT2D eigenvalue weighted by Crippen LogP contribution is -2.05. The second-order valence-electron chi connectivity index (χ2n) is 10.5. The number of benzene rings is 2. The number of Topliss-reactive ketones (excluding diaryl/α,β-unsaturated/α-hetero) is 1. The minimum atomic E-state index is -3.96. The minimum Gasteiger partial charge on any atom is -0.288 e. The molecule has 2 aromatic carbocycles. The number of fused-ring (bicyclic) bond motifs is 2. The molecule has 0 aliphatic carbocycles. The Balaban J connectivity index is 1.76. The lowest BCUT2D eigenvalue weighted by molar-refractivity contribution is 0.104. The zero-order chi connectivity index (χ0) is 28.6. The molecule has 0 saturated carbocycles. The van der Waals surface area contributed by atoms with Gasteiger partial charge in [0.1, 0.15) is 4.91 Å². The van der Waals surface area contributed by atoms with E-state index >= 15 is 0 Å². The van der Waals surface area contributed by atoms with Crippen LogP contribution in [0.4, 0.5) is 0 Å². The van der Waals surface area contributed by atoms with Gasteiger partial charge in [0.15, 0.2) is 0 Å². The Labute approximate surface area is 226 Å². The Morgan fingerprint density at radius 2 is 1.05 bits per heavy atom. The van der Waals surface area contributed by atoms with Crippen LogP contribution in [-0.4, -0.2) is 22.6 Å². The molecule has 0 bridgehead atoms. The molecule has 2 heterocycles. The molecule has 200 valence electrons. The first-order valence-electron chi connectivity index (χ1n) is 12.5. The van der Waals surface area contributed by atoms with E-state index in [1.165, 1.54) is 6.08 Å². The average Bonchev–Trinajstić information content (AvgIpc) is 3.17. The predicted octanol–water partition coefficient (Wildman–Crippen LogP) is 6.73. The van der Waals surface area contributed by atoms with Gasteiger partial charge in [0.2, 0.25) is 25.5 Å². The van der Waals surface area contributed by atoms with Crippen LogP contribution in [-0.2, 0) is 19.7 Å². The molecule has 2 aliphatic rings. The Morgan fingerprint density at radius 1 is 0.605 bits per heavy atom.